The van der Waals surface area contributed by atoms with Crippen LogP contribution in [0.2, 0.25) is 0 Å². The maximum absolute atomic E-state index is 13.7. The first-order chi connectivity index (χ1) is 13.7. The molecule has 2 aromatic rings. The zero-order valence-corrected chi connectivity index (χ0v) is 17.6. The van der Waals surface area contributed by atoms with Gasteiger partial charge in [-0.3, -0.25) is 4.79 Å². The summed E-state index contributed by atoms with van der Waals surface area (Å²) in [7, 11) is -2.66. The van der Waals surface area contributed by atoms with E-state index in [1.54, 1.807) is 0 Å². The van der Waals surface area contributed by atoms with Gasteiger partial charge in [0.2, 0.25) is 15.9 Å². The number of amides is 1. The molecule has 1 N–H and O–H groups in total. The molecule has 3 rings (SSSR count). The molecule has 2 aromatic carbocycles. The Morgan fingerprint density at radius 1 is 1.17 bits per heavy atom. The van der Waals surface area contributed by atoms with Crippen molar-refractivity contribution in [2.45, 2.75) is 31.6 Å². The number of nitrogens with zero attached hydrogens (tertiary/aromatic N) is 1. The van der Waals surface area contributed by atoms with Crippen molar-refractivity contribution in [2.24, 2.45) is 5.92 Å². The molecule has 1 saturated heterocycles. The number of benzene rings is 2. The number of halogens is 1. The molecule has 6 nitrogen and oxygen atoms in total. The lowest BCUT2D eigenvalue weighted by atomic mass is 9.98. The van der Waals surface area contributed by atoms with Crippen molar-refractivity contribution in [1.29, 1.82) is 0 Å². The van der Waals surface area contributed by atoms with Gasteiger partial charge in [-0.1, -0.05) is 6.07 Å². The Kier molecular flexibility index (Phi) is 6.24. The molecule has 0 bridgehead atoms. The highest BCUT2D eigenvalue weighted by Gasteiger charge is 2.35. The van der Waals surface area contributed by atoms with Crippen LogP contribution in [0.4, 0.5) is 10.1 Å². The Labute approximate surface area is 170 Å². The number of ether oxygens (including phenoxy) is 1. The smallest absolute Gasteiger partial charge is 0.246 e. The molecule has 8 heteroatoms. The van der Waals surface area contributed by atoms with E-state index in [1.165, 1.54) is 17.5 Å². The summed E-state index contributed by atoms with van der Waals surface area (Å²) in [5, 5.41) is 2.89. The van der Waals surface area contributed by atoms with Gasteiger partial charge in [-0.05, 0) is 68.1 Å². The third kappa shape index (κ3) is 4.76. The molecule has 156 valence electrons. The fraction of sp³-hybridized carbons (Fsp3) is 0.381. The van der Waals surface area contributed by atoms with E-state index in [1.807, 2.05) is 32.0 Å². The molecule has 29 heavy (non-hydrogen) atoms. The van der Waals surface area contributed by atoms with Crippen molar-refractivity contribution in [3.05, 3.63) is 53.3 Å². The van der Waals surface area contributed by atoms with Crippen LogP contribution >= 0.6 is 0 Å². The second-order valence-corrected chi connectivity index (χ2v) is 9.27. The Bertz CT molecular complexity index is 1000. The van der Waals surface area contributed by atoms with Crippen LogP contribution in [0.3, 0.4) is 0 Å². The van der Waals surface area contributed by atoms with Crippen LogP contribution in [-0.2, 0) is 14.8 Å². The summed E-state index contributed by atoms with van der Waals surface area (Å²) in [6.07, 6.45) is 1.13. The number of sulfonamides is 1. The van der Waals surface area contributed by atoms with Gasteiger partial charge in [0.25, 0.3) is 0 Å². The number of aryl methyl sites for hydroxylation is 2. The topological polar surface area (TPSA) is 75.7 Å². The summed E-state index contributed by atoms with van der Waals surface area (Å²) in [5.74, 6) is -1.29. The van der Waals surface area contributed by atoms with Crippen LogP contribution in [0.5, 0.6) is 5.75 Å². The molecule has 0 aliphatic carbocycles. The number of anilines is 1. The molecule has 1 fully saturated rings. The second kappa shape index (κ2) is 8.51. The lowest BCUT2D eigenvalue weighted by Crippen LogP contribution is -2.43. The highest BCUT2D eigenvalue weighted by molar-refractivity contribution is 7.89. The summed E-state index contributed by atoms with van der Waals surface area (Å²) < 4.78 is 46.2. The minimum Gasteiger partial charge on any atom is -0.495 e. The Balaban J connectivity index is 1.79. The number of hydrogen-bond acceptors (Lipinski definition) is 4. The number of carbonyl (C=O) groups is 1. The third-order valence-electron chi connectivity index (χ3n) is 4.99. The Morgan fingerprint density at radius 2 is 1.86 bits per heavy atom. The first-order valence-corrected chi connectivity index (χ1v) is 10.9. The summed E-state index contributed by atoms with van der Waals surface area (Å²) in [5.41, 5.74) is 2.76. The maximum Gasteiger partial charge on any atom is 0.246 e. The van der Waals surface area contributed by atoms with E-state index in [9.17, 15) is 17.6 Å². The molecule has 1 heterocycles. The Morgan fingerprint density at radius 3 is 2.52 bits per heavy atom. The molecule has 0 saturated carbocycles. The van der Waals surface area contributed by atoms with E-state index in [4.69, 9.17) is 4.74 Å². The minimum absolute atomic E-state index is 0.0403. The minimum atomic E-state index is -3.99. The predicted molar refractivity (Wildman–Crippen MR) is 109 cm³/mol. The quantitative estimate of drug-likeness (QED) is 0.803. The third-order valence-corrected chi connectivity index (χ3v) is 6.87. The van der Waals surface area contributed by atoms with Gasteiger partial charge in [0, 0.05) is 18.8 Å². The van der Waals surface area contributed by atoms with Gasteiger partial charge >= 0.3 is 0 Å². The second-order valence-electron chi connectivity index (χ2n) is 7.36. The normalized spacial score (nSPS) is 17.7. The highest BCUT2D eigenvalue weighted by atomic mass is 32.2. The average molecular weight is 421 g/mol. The number of nitrogens with one attached hydrogen (secondary N) is 1. The van der Waals surface area contributed by atoms with Crippen molar-refractivity contribution in [1.82, 2.24) is 4.31 Å². The van der Waals surface area contributed by atoms with Crippen molar-refractivity contribution in [2.75, 3.05) is 25.5 Å². The Hall–Kier alpha value is -2.45. The predicted octanol–water partition coefficient (Wildman–Crippen LogP) is 3.49. The van der Waals surface area contributed by atoms with Crippen LogP contribution in [0.25, 0.3) is 0 Å². The fourth-order valence-corrected chi connectivity index (χ4v) is 5.35. The molecular weight excluding hydrogens is 395 g/mol. The van der Waals surface area contributed by atoms with Crippen molar-refractivity contribution in [3.8, 4) is 5.75 Å². The zero-order chi connectivity index (χ0) is 21.2. The number of rotatable bonds is 5. The first-order valence-electron chi connectivity index (χ1n) is 9.43. The molecule has 1 amide bonds. The molecule has 1 aliphatic rings. The van der Waals surface area contributed by atoms with Crippen LogP contribution in [-0.4, -0.2) is 38.8 Å². The number of hydrogen-bond donors (Lipinski definition) is 1. The fourth-order valence-electron chi connectivity index (χ4n) is 3.66. The van der Waals surface area contributed by atoms with E-state index >= 15 is 0 Å². The van der Waals surface area contributed by atoms with Crippen LogP contribution in [0, 0.1) is 25.6 Å². The van der Waals surface area contributed by atoms with Crippen molar-refractivity contribution >= 4 is 21.6 Å². The largest absolute Gasteiger partial charge is 0.495 e. The van der Waals surface area contributed by atoms with Gasteiger partial charge < -0.3 is 10.1 Å². The first kappa shape index (κ1) is 21.3. The van der Waals surface area contributed by atoms with Crippen molar-refractivity contribution in [3.63, 3.8) is 0 Å². The molecular formula is C21H25FN2O4S. The van der Waals surface area contributed by atoms with Crippen LogP contribution < -0.4 is 10.1 Å². The number of carbonyl (C=O) groups excluding carboxylic acids is 1. The molecule has 1 aliphatic heterocycles. The monoisotopic (exact) mass is 420 g/mol. The van der Waals surface area contributed by atoms with Gasteiger partial charge in [0.1, 0.15) is 16.5 Å². The summed E-state index contributed by atoms with van der Waals surface area (Å²) in [4.78, 5) is 12.5. The standard InChI is InChI=1S/C21H25FN2O4S/c1-14-9-15(2)11-18(10-14)23-21(25)16-5-4-8-24(13-16)29(26,27)20-12-17(22)6-7-19(20)28-3/h6-7,9-12,16H,4-5,8,13H2,1-3H3,(H,23,25)/t16-/m0/s1. The molecule has 0 spiro atoms. The lowest BCUT2D eigenvalue weighted by molar-refractivity contribution is -0.120. The lowest BCUT2D eigenvalue weighted by Gasteiger charge is -2.31. The number of piperidine rings is 1. The SMILES string of the molecule is COc1ccc(F)cc1S(=O)(=O)N1CCC[C@H](C(=O)Nc2cc(C)cc(C)c2)C1. The number of methoxy groups -OCH3 is 1. The molecule has 0 aromatic heterocycles. The van der Waals surface area contributed by atoms with Gasteiger partial charge in [-0.2, -0.15) is 4.31 Å². The van der Waals surface area contributed by atoms with Crippen LogP contribution in [0.15, 0.2) is 41.3 Å². The van der Waals surface area contributed by atoms with Gasteiger partial charge in [-0.15, -0.1) is 0 Å². The summed E-state index contributed by atoms with van der Waals surface area (Å²) >= 11 is 0. The van der Waals surface area contributed by atoms with E-state index in [0.29, 0.717) is 18.5 Å². The zero-order valence-electron chi connectivity index (χ0n) is 16.7. The molecule has 0 radical (unpaired) electrons. The van der Waals surface area contributed by atoms with E-state index in [0.717, 1.165) is 23.3 Å². The highest BCUT2D eigenvalue weighted by Crippen LogP contribution is 2.30. The average Bonchev–Trinajstić information content (AvgIpc) is 2.67. The van der Waals surface area contributed by atoms with Gasteiger partial charge in [-0.25, -0.2) is 12.8 Å². The molecule has 1 atom stereocenters. The summed E-state index contributed by atoms with van der Waals surface area (Å²) in [6.45, 7) is 4.21. The van der Waals surface area contributed by atoms with E-state index < -0.39 is 21.8 Å². The molecule has 0 unspecified atom stereocenters. The van der Waals surface area contributed by atoms with Crippen molar-refractivity contribution < 1.29 is 22.3 Å². The van der Waals surface area contributed by atoms with E-state index in [2.05, 4.69) is 5.32 Å². The summed E-state index contributed by atoms with van der Waals surface area (Å²) in [6, 6.07) is 9.15. The van der Waals surface area contributed by atoms with E-state index in [-0.39, 0.29) is 29.6 Å². The maximum atomic E-state index is 13.7. The van der Waals surface area contributed by atoms with Gasteiger partial charge in [0.15, 0.2) is 0 Å². The van der Waals surface area contributed by atoms with Gasteiger partial charge in [0.05, 0.1) is 13.0 Å². The van der Waals surface area contributed by atoms with Crippen LogP contribution in [0.1, 0.15) is 24.0 Å².